The molecule has 0 saturated heterocycles. The Morgan fingerprint density at radius 2 is 1.56 bits per heavy atom. The molecule has 2 amide bonds. The number of carbonyl (C=O) groups is 2. The van der Waals surface area contributed by atoms with Gasteiger partial charge in [-0.3, -0.25) is 9.59 Å². The Hall–Kier alpha value is -3.02. The van der Waals surface area contributed by atoms with Crippen molar-refractivity contribution in [1.82, 2.24) is 10.6 Å². The standard InChI is InChI=1S/C19H22N2O4/c1-3-25-15-10-8-14(9-11-15)18(22)20-12-13-21-19(23)16-6-4-5-7-17(16)24-2/h4-11H,3,12-13H2,1-2H3,(H,20,22)(H,21,23). The zero-order valence-corrected chi connectivity index (χ0v) is 14.4. The molecule has 0 bridgehead atoms. The van der Waals surface area contributed by atoms with Gasteiger partial charge in [0.15, 0.2) is 0 Å². The SMILES string of the molecule is CCOc1ccc(C(=O)NCCNC(=O)c2ccccc2OC)cc1. The Morgan fingerprint density at radius 3 is 2.20 bits per heavy atom. The van der Waals surface area contributed by atoms with E-state index < -0.39 is 0 Å². The van der Waals surface area contributed by atoms with Crippen molar-refractivity contribution in [2.75, 3.05) is 26.8 Å². The quantitative estimate of drug-likeness (QED) is 0.722. The van der Waals surface area contributed by atoms with Crippen LogP contribution in [0.3, 0.4) is 0 Å². The first-order valence-corrected chi connectivity index (χ1v) is 8.08. The lowest BCUT2D eigenvalue weighted by atomic mass is 10.2. The van der Waals surface area contributed by atoms with Crippen molar-refractivity contribution in [3.05, 3.63) is 59.7 Å². The zero-order chi connectivity index (χ0) is 18.1. The molecule has 0 aliphatic carbocycles. The van der Waals surface area contributed by atoms with Crippen molar-refractivity contribution in [3.63, 3.8) is 0 Å². The second-order valence-corrected chi connectivity index (χ2v) is 5.17. The average Bonchev–Trinajstić information content (AvgIpc) is 2.65. The van der Waals surface area contributed by atoms with Gasteiger partial charge in [0.2, 0.25) is 0 Å². The molecule has 2 rings (SSSR count). The van der Waals surface area contributed by atoms with Crippen LogP contribution in [0.25, 0.3) is 0 Å². The van der Waals surface area contributed by atoms with Gasteiger partial charge in [0.25, 0.3) is 11.8 Å². The van der Waals surface area contributed by atoms with Crippen LogP contribution in [0.5, 0.6) is 11.5 Å². The highest BCUT2D eigenvalue weighted by Gasteiger charge is 2.11. The Labute approximate surface area is 147 Å². The minimum atomic E-state index is -0.243. The molecule has 2 aromatic rings. The number of benzene rings is 2. The molecular formula is C19H22N2O4. The van der Waals surface area contributed by atoms with Crippen LogP contribution in [0.1, 0.15) is 27.6 Å². The maximum Gasteiger partial charge on any atom is 0.255 e. The average molecular weight is 342 g/mol. The number of amides is 2. The van der Waals surface area contributed by atoms with Gasteiger partial charge in [-0.1, -0.05) is 12.1 Å². The molecule has 0 aliphatic rings. The van der Waals surface area contributed by atoms with Gasteiger partial charge >= 0.3 is 0 Å². The van der Waals surface area contributed by atoms with Crippen molar-refractivity contribution >= 4 is 11.8 Å². The van der Waals surface area contributed by atoms with Crippen LogP contribution < -0.4 is 20.1 Å². The highest BCUT2D eigenvalue weighted by molar-refractivity contribution is 5.97. The first kappa shape index (κ1) is 18.3. The van der Waals surface area contributed by atoms with Crippen molar-refractivity contribution < 1.29 is 19.1 Å². The fraction of sp³-hybridized carbons (Fsp3) is 0.263. The molecular weight excluding hydrogens is 320 g/mol. The van der Waals surface area contributed by atoms with Gasteiger partial charge in [-0.05, 0) is 43.3 Å². The summed E-state index contributed by atoms with van der Waals surface area (Å²) in [6.45, 7) is 3.13. The fourth-order valence-corrected chi connectivity index (χ4v) is 2.25. The summed E-state index contributed by atoms with van der Waals surface area (Å²) < 4.78 is 10.5. The number of rotatable bonds is 8. The van der Waals surface area contributed by atoms with Crippen LogP contribution in [0.2, 0.25) is 0 Å². The molecule has 2 aromatic carbocycles. The minimum absolute atomic E-state index is 0.199. The molecule has 6 heteroatoms. The van der Waals surface area contributed by atoms with E-state index in [0.29, 0.717) is 36.6 Å². The fourth-order valence-electron chi connectivity index (χ4n) is 2.25. The van der Waals surface area contributed by atoms with E-state index in [4.69, 9.17) is 9.47 Å². The second-order valence-electron chi connectivity index (χ2n) is 5.17. The van der Waals surface area contributed by atoms with Gasteiger partial charge < -0.3 is 20.1 Å². The monoisotopic (exact) mass is 342 g/mol. The number of ether oxygens (including phenoxy) is 2. The van der Waals surface area contributed by atoms with Crippen LogP contribution >= 0.6 is 0 Å². The van der Waals surface area contributed by atoms with Gasteiger partial charge in [0.1, 0.15) is 11.5 Å². The van der Waals surface area contributed by atoms with E-state index in [1.165, 1.54) is 7.11 Å². The Bertz CT molecular complexity index is 714. The van der Waals surface area contributed by atoms with Crippen LogP contribution in [0.4, 0.5) is 0 Å². The third-order valence-electron chi connectivity index (χ3n) is 3.48. The molecule has 0 saturated carbocycles. The Balaban J connectivity index is 1.78. The third kappa shape index (κ3) is 5.24. The van der Waals surface area contributed by atoms with Gasteiger partial charge in [-0.2, -0.15) is 0 Å². The summed E-state index contributed by atoms with van der Waals surface area (Å²) in [6, 6.07) is 13.9. The second kappa shape index (κ2) is 9.32. The van der Waals surface area contributed by atoms with E-state index in [9.17, 15) is 9.59 Å². The van der Waals surface area contributed by atoms with Crippen molar-refractivity contribution in [2.24, 2.45) is 0 Å². The van der Waals surface area contributed by atoms with E-state index in [-0.39, 0.29) is 11.8 Å². The zero-order valence-electron chi connectivity index (χ0n) is 14.4. The van der Waals surface area contributed by atoms with Gasteiger partial charge in [-0.15, -0.1) is 0 Å². The minimum Gasteiger partial charge on any atom is -0.496 e. The van der Waals surface area contributed by atoms with Gasteiger partial charge in [0.05, 0.1) is 19.3 Å². The maximum atomic E-state index is 12.1. The molecule has 0 aliphatic heterocycles. The van der Waals surface area contributed by atoms with E-state index in [0.717, 1.165) is 5.75 Å². The van der Waals surface area contributed by atoms with Gasteiger partial charge in [0, 0.05) is 18.7 Å². The van der Waals surface area contributed by atoms with Crippen molar-refractivity contribution in [2.45, 2.75) is 6.92 Å². The molecule has 0 spiro atoms. The number of para-hydroxylation sites is 1. The van der Waals surface area contributed by atoms with E-state index in [1.807, 2.05) is 6.92 Å². The van der Waals surface area contributed by atoms with Crippen LogP contribution in [0, 0.1) is 0 Å². The lowest BCUT2D eigenvalue weighted by molar-refractivity contribution is 0.0926. The predicted molar refractivity (Wildman–Crippen MR) is 95.3 cm³/mol. The van der Waals surface area contributed by atoms with Crippen molar-refractivity contribution in [3.8, 4) is 11.5 Å². The van der Waals surface area contributed by atoms with Crippen molar-refractivity contribution in [1.29, 1.82) is 0 Å². The molecule has 0 unspecified atom stereocenters. The van der Waals surface area contributed by atoms with E-state index >= 15 is 0 Å². The third-order valence-corrected chi connectivity index (χ3v) is 3.48. The van der Waals surface area contributed by atoms with E-state index in [1.54, 1.807) is 48.5 Å². The highest BCUT2D eigenvalue weighted by atomic mass is 16.5. The molecule has 132 valence electrons. The molecule has 6 nitrogen and oxygen atoms in total. The summed E-state index contributed by atoms with van der Waals surface area (Å²) in [7, 11) is 1.52. The first-order valence-electron chi connectivity index (χ1n) is 8.08. The number of hydrogen-bond acceptors (Lipinski definition) is 4. The predicted octanol–water partition coefficient (Wildman–Crippen LogP) is 2.25. The Morgan fingerprint density at radius 1 is 0.920 bits per heavy atom. The number of carbonyl (C=O) groups excluding carboxylic acids is 2. The molecule has 0 atom stereocenters. The first-order chi connectivity index (χ1) is 12.2. The van der Waals surface area contributed by atoms with Gasteiger partial charge in [-0.25, -0.2) is 0 Å². The summed E-state index contributed by atoms with van der Waals surface area (Å²) in [4.78, 5) is 24.2. The maximum absolute atomic E-state index is 12.1. The highest BCUT2D eigenvalue weighted by Crippen LogP contribution is 2.16. The normalized spacial score (nSPS) is 10.0. The number of hydrogen-bond donors (Lipinski definition) is 2. The molecule has 25 heavy (non-hydrogen) atoms. The molecule has 2 N–H and O–H groups in total. The smallest absolute Gasteiger partial charge is 0.255 e. The van der Waals surface area contributed by atoms with Crippen LogP contribution in [-0.4, -0.2) is 38.6 Å². The largest absolute Gasteiger partial charge is 0.496 e. The van der Waals surface area contributed by atoms with E-state index in [2.05, 4.69) is 10.6 Å². The van der Waals surface area contributed by atoms with Crippen LogP contribution in [0.15, 0.2) is 48.5 Å². The van der Waals surface area contributed by atoms with Crippen LogP contribution in [-0.2, 0) is 0 Å². The summed E-state index contributed by atoms with van der Waals surface area (Å²) in [5, 5.41) is 5.51. The summed E-state index contributed by atoms with van der Waals surface area (Å²) >= 11 is 0. The molecule has 0 fully saturated rings. The molecule has 0 aromatic heterocycles. The molecule has 0 heterocycles. The summed E-state index contributed by atoms with van der Waals surface area (Å²) in [5.41, 5.74) is 1.00. The lowest BCUT2D eigenvalue weighted by Gasteiger charge is -2.10. The number of nitrogens with one attached hydrogen (secondary N) is 2. The molecule has 0 radical (unpaired) electrons. The number of methoxy groups -OCH3 is 1. The lowest BCUT2D eigenvalue weighted by Crippen LogP contribution is -2.34. The summed E-state index contributed by atoms with van der Waals surface area (Å²) in [6.07, 6.45) is 0. The summed E-state index contributed by atoms with van der Waals surface area (Å²) in [5.74, 6) is 0.795. The topological polar surface area (TPSA) is 76.7 Å². The Kier molecular flexibility index (Phi) is 6.83.